The number of nitrogens with zero attached hydrogens (tertiary/aromatic N) is 2. The van der Waals surface area contributed by atoms with Crippen LogP contribution >= 0.6 is 0 Å². The van der Waals surface area contributed by atoms with E-state index in [9.17, 15) is 4.79 Å². The molecule has 0 spiro atoms. The Kier molecular flexibility index (Phi) is 6.20. The van der Waals surface area contributed by atoms with Crippen molar-refractivity contribution in [1.29, 1.82) is 5.26 Å². The fourth-order valence-corrected chi connectivity index (χ4v) is 4.02. The molecule has 1 atom stereocenters. The van der Waals surface area contributed by atoms with Crippen molar-refractivity contribution in [3.63, 3.8) is 0 Å². The Hall–Kier alpha value is -1.40. The van der Waals surface area contributed by atoms with E-state index in [4.69, 9.17) is 5.26 Å². The molecule has 0 radical (unpaired) electrons. The van der Waals surface area contributed by atoms with Gasteiger partial charge in [0, 0.05) is 0 Å². The number of hydrogen-bond acceptors (Lipinski definition) is 3. The SMILES string of the molecule is CN(CCC(=O)[Se]c1ccccc1)C1CC=C(C#N)CC1. The fourth-order valence-electron chi connectivity index (χ4n) is 2.44. The van der Waals surface area contributed by atoms with E-state index in [1.807, 2.05) is 36.4 Å². The summed E-state index contributed by atoms with van der Waals surface area (Å²) in [5.41, 5.74) is 0.906. The van der Waals surface area contributed by atoms with Crippen LogP contribution in [-0.4, -0.2) is 44.2 Å². The van der Waals surface area contributed by atoms with Crippen molar-refractivity contribution in [3.8, 4) is 6.07 Å². The summed E-state index contributed by atoms with van der Waals surface area (Å²) in [5, 5.41) is 8.86. The second kappa shape index (κ2) is 8.14. The van der Waals surface area contributed by atoms with Gasteiger partial charge in [-0.3, -0.25) is 0 Å². The molecule has 2 rings (SSSR count). The molecule has 4 heteroatoms. The number of hydrogen-bond donors (Lipinski definition) is 0. The summed E-state index contributed by atoms with van der Waals surface area (Å²) in [7, 11) is 2.08. The average Bonchev–Trinajstić information content (AvgIpc) is 2.53. The quantitative estimate of drug-likeness (QED) is 0.738. The van der Waals surface area contributed by atoms with Crippen LogP contribution < -0.4 is 4.46 Å². The van der Waals surface area contributed by atoms with Crippen LogP contribution in [0.25, 0.3) is 0 Å². The normalized spacial score (nSPS) is 18.1. The molecule has 0 saturated heterocycles. The number of carbonyl (C=O) groups is 1. The van der Waals surface area contributed by atoms with Crippen molar-refractivity contribution in [2.75, 3.05) is 13.6 Å². The molecule has 1 aromatic rings. The zero-order valence-corrected chi connectivity index (χ0v) is 14.0. The summed E-state index contributed by atoms with van der Waals surface area (Å²) in [5.74, 6) is 0. The van der Waals surface area contributed by atoms with Gasteiger partial charge >= 0.3 is 132 Å². The van der Waals surface area contributed by atoms with Gasteiger partial charge in [0.25, 0.3) is 0 Å². The van der Waals surface area contributed by atoms with Gasteiger partial charge in [0.2, 0.25) is 0 Å². The van der Waals surface area contributed by atoms with Gasteiger partial charge in [0.1, 0.15) is 0 Å². The van der Waals surface area contributed by atoms with Gasteiger partial charge in [-0.2, -0.15) is 0 Å². The van der Waals surface area contributed by atoms with Crippen molar-refractivity contribution in [2.45, 2.75) is 31.7 Å². The second-order valence-corrected chi connectivity index (χ2v) is 7.66. The second-order valence-electron chi connectivity index (χ2n) is 5.29. The molecule has 0 amide bonds. The molecule has 0 heterocycles. The third-order valence-corrected chi connectivity index (χ3v) is 5.77. The Labute approximate surface area is 132 Å². The number of nitriles is 1. The van der Waals surface area contributed by atoms with E-state index in [0.717, 1.165) is 35.8 Å². The van der Waals surface area contributed by atoms with Crippen LogP contribution in [0, 0.1) is 11.3 Å². The number of allylic oxidation sites excluding steroid dienone is 1. The summed E-state index contributed by atoms with van der Waals surface area (Å²) < 4.78 is 1.50. The van der Waals surface area contributed by atoms with E-state index in [-0.39, 0.29) is 15.0 Å². The third-order valence-electron chi connectivity index (χ3n) is 3.79. The zero-order valence-electron chi connectivity index (χ0n) is 12.3. The summed E-state index contributed by atoms with van der Waals surface area (Å²) >= 11 is -0.0669. The van der Waals surface area contributed by atoms with Crippen LogP contribution in [-0.2, 0) is 4.79 Å². The predicted octanol–water partition coefficient (Wildman–Crippen LogP) is 1.87. The van der Waals surface area contributed by atoms with Crippen LogP contribution in [0.1, 0.15) is 25.7 Å². The Morgan fingerprint density at radius 1 is 1.43 bits per heavy atom. The molecule has 110 valence electrons. The van der Waals surface area contributed by atoms with Crippen LogP contribution in [0.4, 0.5) is 0 Å². The first-order valence-corrected chi connectivity index (χ1v) is 8.95. The van der Waals surface area contributed by atoms with Crippen molar-refractivity contribution in [1.82, 2.24) is 4.90 Å². The molecular formula is C17H20N2OSe. The molecule has 1 aromatic carbocycles. The van der Waals surface area contributed by atoms with E-state index in [1.54, 1.807) is 0 Å². The van der Waals surface area contributed by atoms with Crippen molar-refractivity contribution in [3.05, 3.63) is 42.0 Å². The number of rotatable bonds is 6. The molecule has 0 fully saturated rings. The first kappa shape index (κ1) is 16.0. The zero-order chi connectivity index (χ0) is 15.1. The summed E-state index contributed by atoms with van der Waals surface area (Å²) in [4.78, 5) is 14.3. The summed E-state index contributed by atoms with van der Waals surface area (Å²) in [6.45, 7) is 0.813. The standard InChI is InChI=1S/C17H20N2OSe/c1-19(15-9-7-14(13-18)8-10-15)12-11-17(20)21-16-5-3-2-4-6-16/h2-7,15H,8-12H2,1H3. The van der Waals surface area contributed by atoms with E-state index < -0.39 is 0 Å². The molecule has 1 aliphatic carbocycles. The molecule has 21 heavy (non-hydrogen) atoms. The monoisotopic (exact) mass is 348 g/mol. The first-order chi connectivity index (χ1) is 10.2. The minimum absolute atomic E-state index is 0.0669. The maximum atomic E-state index is 12.0. The van der Waals surface area contributed by atoms with Crippen molar-refractivity contribution < 1.29 is 4.79 Å². The van der Waals surface area contributed by atoms with Gasteiger partial charge in [-0.25, -0.2) is 0 Å². The molecule has 0 aromatic heterocycles. The van der Waals surface area contributed by atoms with Crippen LogP contribution in [0.2, 0.25) is 0 Å². The minimum atomic E-state index is -0.0669. The molecule has 1 aliphatic rings. The van der Waals surface area contributed by atoms with Gasteiger partial charge in [0.15, 0.2) is 0 Å². The van der Waals surface area contributed by atoms with E-state index in [0.29, 0.717) is 17.1 Å². The number of carbonyl (C=O) groups excluding carboxylic acids is 1. The van der Waals surface area contributed by atoms with E-state index in [2.05, 4.69) is 18.0 Å². The molecule has 1 unspecified atom stereocenters. The van der Waals surface area contributed by atoms with E-state index in [1.165, 1.54) is 0 Å². The molecule has 0 aliphatic heterocycles. The van der Waals surface area contributed by atoms with Gasteiger partial charge < -0.3 is 0 Å². The van der Waals surface area contributed by atoms with Gasteiger partial charge in [-0.1, -0.05) is 0 Å². The fraction of sp³-hybridized carbons (Fsp3) is 0.412. The molecule has 0 saturated carbocycles. The van der Waals surface area contributed by atoms with Crippen molar-refractivity contribution >= 4 is 24.1 Å². The van der Waals surface area contributed by atoms with Gasteiger partial charge in [0.05, 0.1) is 0 Å². The topological polar surface area (TPSA) is 44.1 Å². The molecule has 0 N–H and O–H groups in total. The Morgan fingerprint density at radius 2 is 2.19 bits per heavy atom. The number of benzene rings is 1. The van der Waals surface area contributed by atoms with Crippen LogP contribution in [0.15, 0.2) is 42.0 Å². The van der Waals surface area contributed by atoms with Crippen molar-refractivity contribution in [2.24, 2.45) is 0 Å². The van der Waals surface area contributed by atoms with Crippen LogP contribution in [0.5, 0.6) is 0 Å². The maximum absolute atomic E-state index is 12.0. The average molecular weight is 347 g/mol. The third kappa shape index (κ3) is 5.13. The van der Waals surface area contributed by atoms with Gasteiger partial charge in [-0.15, -0.1) is 0 Å². The first-order valence-electron chi connectivity index (χ1n) is 7.24. The Morgan fingerprint density at radius 3 is 2.81 bits per heavy atom. The molecule has 0 bridgehead atoms. The van der Waals surface area contributed by atoms with E-state index >= 15 is 0 Å². The predicted molar refractivity (Wildman–Crippen MR) is 85.4 cm³/mol. The molecule has 3 nitrogen and oxygen atoms in total. The molecular weight excluding hydrogens is 327 g/mol. The Balaban J connectivity index is 1.74. The summed E-state index contributed by atoms with van der Waals surface area (Å²) in [6.07, 6.45) is 5.48. The summed E-state index contributed by atoms with van der Waals surface area (Å²) in [6, 6.07) is 12.7. The Bertz CT molecular complexity index is 548. The van der Waals surface area contributed by atoms with Gasteiger partial charge in [-0.05, 0) is 0 Å². The van der Waals surface area contributed by atoms with Crippen LogP contribution in [0.3, 0.4) is 0 Å².